The van der Waals surface area contributed by atoms with Crippen molar-refractivity contribution < 1.29 is 98.2 Å². The van der Waals surface area contributed by atoms with Crippen molar-refractivity contribution in [1.82, 2.24) is 53.8 Å². The molecule has 4 N–H and O–H groups in total. The van der Waals surface area contributed by atoms with Gasteiger partial charge in [0.15, 0.2) is 77.3 Å². The van der Waals surface area contributed by atoms with E-state index >= 15 is 0 Å². The third kappa shape index (κ3) is 12.7. The summed E-state index contributed by atoms with van der Waals surface area (Å²) >= 11 is 2.08. The number of carbonyl (C=O) groups excluding carboxylic acids is 7. The number of carbonyl (C=O) groups is 7. The van der Waals surface area contributed by atoms with Crippen LogP contribution in [0.2, 0.25) is 0 Å². The van der Waals surface area contributed by atoms with Crippen LogP contribution < -0.4 is 51.9 Å². The molecule has 124 heavy (non-hydrogen) atoms. The number of amides is 7. The molecule has 7 aromatic rings. The third-order valence-electron chi connectivity index (χ3n) is 27.9. The molecule has 8 unspecified atom stereocenters. The van der Waals surface area contributed by atoms with Crippen molar-refractivity contribution in [1.29, 1.82) is 0 Å². The molecule has 7 amide bonds. The van der Waals surface area contributed by atoms with E-state index in [-0.39, 0.29) is 165 Å². The van der Waals surface area contributed by atoms with Gasteiger partial charge in [-0.15, -0.1) is 0 Å². The number of pyridine rings is 4. The summed E-state index contributed by atoms with van der Waals surface area (Å²) in [5.41, 5.74) is 0.165. The Morgan fingerprint density at radius 3 is 1.09 bits per heavy atom. The van der Waals surface area contributed by atoms with E-state index in [0.29, 0.717) is 109 Å². The number of rotatable bonds is 12. The molecule has 20 aliphatic rings. The number of ether oxygens (including phenoxy) is 7. The number of halogens is 7. The van der Waals surface area contributed by atoms with Gasteiger partial charge in [-0.2, -0.15) is 0 Å². The molecule has 8 atom stereocenters. The normalized spacial score (nSPS) is 27.2. The summed E-state index contributed by atoms with van der Waals surface area (Å²) in [6.07, 6.45) is 10.1. The van der Waals surface area contributed by atoms with Crippen LogP contribution in [-0.4, -0.2) is 181 Å². The molecule has 4 aromatic heterocycles. The number of aromatic nitrogens is 4. The summed E-state index contributed by atoms with van der Waals surface area (Å²) in [7, 11) is 4.07. The first kappa shape index (κ1) is 81.3. The van der Waals surface area contributed by atoms with Gasteiger partial charge in [0.25, 0.3) is 41.4 Å². The molecule has 8 bridgehead atoms. The highest BCUT2D eigenvalue weighted by atomic mass is 127. The Hall–Kier alpha value is -11.0. The molecule has 4 aliphatic carbocycles. The largest absolute Gasteiger partial charge is 0.503 e. The van der Waals surface area contributed by atoms with Crippen LogP contribution in [0.15, 0.2) is 73.8 Å². The monoisotopic (exact) mass is 1830 g/mol. The number of fused-ring (bicyclic) bond motifs is 4. The van der Waals surface area contributed by atoms with Crippen LogP contribution in [0.5, 0.6) is 23.0 Å². The number of hydrogen-bond acceptors (Lipinski definition) is 19. The van der Waals surface area contributed by atoms with Crippen LogP contribution in [0.25, 0.3) is 0 Å². The maximum atomic E-state index is 14.0. The van der Waals surface area contributed by atoms with Crippen molar-refractivity contribution in [2.75, 3.05) is 47.8 Å². The standard InChI is InChI=1S/C24H23F2N3O5.C24H21F2N3O5.C23H21F2N3O5.C16H17IN2O4/c2*1-33-21-19-23(32)28-14-6-11(7-14)10-34-24(28)17-5-4-16(29(17)19)18(20(21)30)22(31)27-9-12-2-3-13(25)8-15(12)26;24-12-2-1-11(14(25)7-12)8-26-21(31)17-15-3-4-16-23-27(13-5-10(6-13)9-33-23)22(32)18(28(15)16)20(30)19(17)29;1-22-14-12-15(21)18-8-4-7(5-8)6-23-16(18)10-3-2-9(19(10)12)11(17)13(14)20/h2-3,8,11,14,17,24H,4-7,9-10H2,1H3,(H,27,31);2-3,8,14,17,24H,4-7,9-10H2,1H3;1-2,7,10,13,16,23,30H,3-6,8-9H2,(H,26,31);7-8,10,16H,2-6H2,1H3/p+1. The van der Waals surface area contributed by atoms with Gasteiger partial charge in [-0.05, 0) is 148 Å². The van der Waals surface area contributed by atoms with Crippen molar-refractivity contribution in [2.24, 2.45) is 17.8 Å². The summed E-state index contributed by atoms with van der Waals surface area (Å²) in [5.74, 6) is -6.22. The van der Waals surface area contributed by atoms with Gasteiger partial charge in [0.05, 0.1) is 68.9 Å². The number of nitrogens with zero attached hydrogens (tertiary/aromatic N) is 8. The zero-order valence-electron chi connectivity index (χ0n) is 67.1. The van der Waals surface area contributed by atoms with E-state index in [1.54, 1.807) is 28.4 Å². The fraction of sp³-hybridized carbons (Fsp3) is 0.471. The fourth-order valence-corrected chi connectivity index (χ4v) is 22.6. The van der Waals surface area contributed by atoms with E-state index in [0.717, 1.165) is 107 Å². The molecule has 648 valence electrons. The molecule has 0 radical (unpaired) electrons. The molecule has 16 aliphatic heterocycles. The smallest absolute Gasteiger partial charge is 0.277 e. The average Bonchev–Trinajstić information content (AvgIpc) is 1.52. The molecule has 8 saturated heterocycles. The molecule has 3 aromatic carbocycles. The Morgan fingerprint density at radius 2 is 0.734 bits per heavy atom. The molecule has 4 saturated carbocycles. The minimum Gasteiger partial charge on any atom is -0.503 e. The van der Waals surface area contributed by atoms with Gasteiger partial charge in [0.1, 0.15) is 76.4 Å². The maximum Gasteiger partial charge on any atom is 0.277 e. The molecule has 37 heteroatoms. The van der Waals surface area contributed by atoms with Gasteiger partial charge in [-0.1, -0.05) is 18.2 Å². The van der Waals surface area contributed by atoms with E-state index in [1.165, 1.54) is 45.4 Å². The maximum absolute atomic E-state index is 14.0. The molecule has 0 spiro atoms. The SMILES string of the molecule is COc1c2n3c(c(C(=O)NCc4ccc(F)cc4F)c1=O)CCC3C1OCC3CC(C3)N1C2=O.COc1c2n3c(c(C(=O)NCc4ccc(F)cc4F)c1=O)CCC3C1OC[C+]3CC(C3)N1C2=O.COc1c2n3c(c(I)c1=O)CCC3C1OCC3CC(C3)N1C2=O.O=C(NCc1ccc(F)cc1F)c1c2n3c(c(O)c1=O)C(=O)N1C4CC(COC1C3CC2)C4. The molecular formula is C87H83F6IN11O19+. The lowest BCUT2D eigenvalue weighted by Gasteiger charge is -2.46. The highest BCUT2D eigenvalue weighted by Gasteiger charge is 2.61. The van der Waals surface area contributed by atoms with E-state index in [2.05, 4.69) is 38.5 Å². The summed E-state index contributed by atoms with van der Waals surface area (Å²) in [5, 5.41) is 18.3. The lowest BCUT2D eigenvalue weighted by Crippen LogP contribution is -2.57. The Labute approximate surface area is 715 Å². The number of methoxy groups -OCH3 is 3. The average molecular weight is 1830 g/mol. The highest BCUT2D eigenvalue weighted by Crippen LogP contribution is 2.53. The van der Waals surface area contributed by atoms with Crippen LogP contribution in [0.3, 0.4) is 0 Å². The quantitative estimate of drug-likeness (QED) is 0.0519. The zero-order valence-corrected chi connectivity index (χ0v) is 69.3. The lowest BCUT2D eigenvalue weighted by atomic mass is 9.80. The van der Waals surface area contributed by atoms with E-state index in [4.69, 9.17) is 33.2 Å². The third-order valence-corrected chi connectivity index (χ3v) is 29.0. The molecule has 12 fully saturated rings. The Morgan fingerprint density at radius 1 is 0.427 bits per heavy atom. The van der Waals surface area contributed by atoms with E-state index in [1.807, 2.05) is 9.47 Å². The lowest BCUT2D eigenvalue weighted by molar-refractivity contribution is -0.0725. The summed E-state index contributed by atoms with van der Waals surface area (Å²) in [6.45, 7) is 1.65. The number of nitrogens with one attached hydrogen (secondary N) is 3. The van der Waals surface area contributed by atoms with Crippen molar-refractivity contribution in [3.05, 3.63) is 219 Å². The molecule has 30 nitrogen and oxygen atoms in total. The topological polar surface area (TPSA) is 341 Å². The minimum absolute atomic E-state index is 0.0240. The van der Waals surface area contributed by atoms with Crippen LogP contribution in [0, 0.1) is 62.1 Å². The van der Waals surface area contributed by atoms with Crippen molar-refractivity contribution in [3.8, 4) is 23.0 Å². The van der Waals surface area contributed by atoms with Crippen LogP contribution in [0.4, 0.5) is 26.3 Å². The van der Waals surface area contributed by atoms with Crippen LogP contribution >= 0.6 is 22.6 Å². The van der Waals surface area contributed by atoms with Gasteiger partial charge in [0, 0.05) is 95.4 Å². The molecule has 20 heterocycles. The van der Waals surface area contributed by atoms with Crippen molar-refractivity contribution in [3.63, 3.8) is 0 Å². The first-order valence-electron chi connectivity index (χ1n) is 41.7. The van der Waals surface area contributed by atoms with Crippen LogP contribution in [0.1, 0.15) is 214 Å². The molecule has 27 rings (SSSR count). The van der Waals surface area contributed by atoms with Gasteiger partial charge >= 0.3 is 0 Å². The first-order chi connectivity index (χ1) is 59.7. The number of hydrogen-bond donors (Lipinski definition) is 4. The fourth-order valence-electron chi connectivity index (χ4n) is 21.8. The van der Waals surface area contributed by atoms with E-state index in [9.17, 15) is 84.2 Å². The summed E-state index contributed by atoms with van der Waals surface area (Å²) in [4.78, 5) is 152. The van der Waals surface area contributed by atoms with Gasteiger partial charge in [-0.25, -0.2) is 26.3 Å². The predicted molar refractivity (Wildman–Crippen MR) is 428 cm³/mol. The Kier molecular flexibility index (Phi) is 20.3. The van der Waals surface area contributed by atoms with Gasteiger partial charge in [0.2, 0.25) is 21.7 Å². The highest BCUT2D eigenvalue weighted by molar-refractivity contribution is 14.1. The van der Waals surface area contributed by atoms with E-state index < -0.39 is 99.3 Å². The van der Waals surface area contributed by atoms with Gasteiger partial charge in [-0.3, -0.25) is 57.6 Å². The summed E-state index contributed by atoms with van der Waals surface area (Å²) in [6, 6.07) is 8.84. The zero-order chi connectivity index (χ0) is 86.3. The second-order valence-corrected chi connectivity index (χ2v) is 35.6. The number of aromatic hydroxyl groups is 1. The first-order valence-corrected chi connectivity index (χ1v) is 42.8. The Bertz CT molecular complexity index is 5860. The predicted octanol–water partition coefficient (Wildman–Crippen LogP) is 7.62. The second kappa shape index (κ2) is 31.0. The molecular weight excluding hydrogens is 1740 g/mol. The Balaban J connectivity index is 0.000000106. The second-order valence-electron chi connectivity index (χ2n) is 34.6. The van der Waals surface area contributed by atoms with Crippen molar-refractivity contribution >= 4 is 63.9 Å². The van der Waals surface area contributed by atoms with Crippen molar-refractivity contribution in [2.45, 2.75) is 196 Å². The minimum atomic E-state index is -0.928. The summed E-state index contributed by atoms with van der Waals surface area (Å²) < 4.78 is 130. The van der Waals surface area contributed by atoms with Crippen LogP contribution in [-0.2, 0) is 64.3 Å². The van der Waals surface area contributed by atoms with Gasteiger partial charge < -0.3 is 87.2 Å². The number of benzene rings is 3.